The first-order valence-electron chi connectivity index (χ1n) is 3.75. The van der Waals surface area contributed by atoms with Crippen molar-refractivity contribution < 1.29 is 13.6 Å². The van der Waals surface area contributed by atoms with E-state index in [9.17, 15) is 4.57 Å². The second-order valence-electron chi connectivity index (χ2n) is 2.12. The molecule has 0 heterocycles. The Hall–Kier alpha value is 0.730. The average molecular weight is 235 g/mol. The Labute approximate surface area is 83.3 Å². The van der Waals surface area contributed by atoms with E-state index >= 15 is 0 Å². The van der Waals surface area contributed by atoms with Gasteiger partial charge in [-0.1, -0.05) is 37.0 Å². The lowest BCUT2D eigenvalue weighted by Gasteiger charge is -2.11. The van der Waals surface area contributed by atoms with E-state index in [0.29, 0.717) is 12.8 Å². The van der Waals surface area contributed by atoms with Gasteiger partial charge in [-0.2, -0.15) is 0 Å². The summed E-state index contributed by atoms with van der Waals surface area (Å²) in [5.74, 6) is 0. The molecule has 6 heteroatoms. The molecule has 0 amide bonds. The second-order valence-corrected chi connectivity index (χ2v) is 4.07. The fourth-order valence-corrected chi connectivity index (χ4v) is 1.65. The van der Waals surface area contributed by atoms with Crippen molar-refractivity contribution >= 4 is 31.5 Å². The summed E-state index contributed by atoms with van der Waals surface area (Å²) in [5.41, 5.74) is -1.12. The molecule has 0 fully saturated rings. The van der Waals surface area contributed by atoms with E-state index in [1.54, 1.807) is 0 Å². The minimum atomic E-state index is -2.53. The molecule has 0 aliphatic heterocycles. The molecule has 12 heavy (non-hydrogen) atoms. The second kappa shape index (κ2) is 7.16. The Morgan fingerprint density at radius 1 is 1.17 bits per heavy atom. The SMILES string of the molecule is CCC(Cl)O[PH](=O)OC(Cl)CC. The first kappa shape index (κ1) is 12.7. The van der Waals surface area contributed by atoms with Crippen LogP contribution < -0.4 is 0 Å². The number of hydrogen-bond acceptors (Lipinski definition) is 3. The zero-order valence-corrected chi connectivity index (χ0v) is 9.56. The molecule has 0 aromatic carbocycles. The number of hydrogen-bond donors (Lipinski definition) is 0. The van der Waals surface area contributed by atoms with E-state index in [0.717, 1.165) is 0 Å². The highest BCUT2D eigenvalue weighted by Gasteiger charge is 2.11. The van der Waals surface area contributed by atoms with E-state index in [1.165, 1.54) is 0 Å². The molecule has 0 radical (unpaired) electrons. The van der Waals surface area contributed by atoms with Crippen molar-refractivity contribution in [1.82, 2.24) is 0 Å². The van der Waals surface area contributed by atoms with E-state index in [2.05, 4.69) is 0 Å². The molecule has 2 atom stereocenters. The van der Waals surface area contributed by atoms with Gasteiger partial charge in [-0.05, 0) is 12.8 Å². The van der Waals surface area contributed by atoms with Crippen LogP contribution in [0.2, 0.25) is 0 Å². The molecular weight excluding hydrogens is 222 g/mol. The lowest BCUT2D eigenvalue weighted by atomic mass is 10.5. The normalized spacial score (nSPS) is 18.7. The maximum Gasteiger partial charge on any atom is 0.322 e. The number of halogens is 2. The van der Waals surface area contributed by atoms with Crippen LogP contribution in [0, 0.1) is 0 Å². The Bertz CT molecular complexity index is 131. The molecule has 0 rings (SSSR count). The summed E-state index contributed by atoms with van der Waals surface area (Å²) in [7, 11) is -2.53. The standard InChI is InChI=1S/C6H13Cl2O3P/c1-3-5(7)10-12(9)11-6(8)4-2/h5-6,12H,3-4H2,1-2H3. The Kier molecular flexibility index (Phi) is 7.60. The maximum absolute atomic E-state index is 11.0. The molecule has 0 saturated carbocycles. The lowest BCUT2D eigenvalue weighted by Crippen LogP contribution is -2.01. The van der Waals surface area contributed by atoms with Gasteiger partial charge in [-0.15, -0.1) is 0 Å². The lowest BCUT2D eigenvalue weighted by molar-refractivity contribution is 0.191. The van der Waals surface area contributed by atoms with Crippen LogP contribution in [0.1, 0.15) is 26.7 Å². The summed E-state index contributed by atoms with van der Waals surface area (Å²) in [5, 5.41) is 0. The summed E-state index contributed by atoms with van der Waals surface area (Å²) in [6.07, 6.45) is 1.17. The van der Waals surface area contributed by atoms with Crippen molar-refractivity contribution in [2.24, 2.45) is 0 Å². The van der Waals surface area contributed by atoms with Crippen LogP contribution in [0.3, 0.4) is 0 Å². The summed E-state index contributed by atoms with van der Waals surface area (Å²) in [4.78, 5) is 0. The third-order valence-electron chi connectivity index (χ3n) is 1.09. The maximum atomic E-state index is 11.0. The monoisotopic (exact) mass is 234 g/mol. The van der Waals surface area contributed by atoms with Crippen LogP contribution in [0.25, 0.3) is 0 Å². The van der Waals surface area contributed by atoms with Crippen LogP contribution in [-0.2, 0) is 13.6 Å². The van der Waals surface area contributed by atoms with Gasteiger partial charge in [-0.25, -0.2) is 0 Å². The van der Waals surface area contributed by atoms with Gasteiger partial charge >= 0.3 is 8.25 Å². The van der Waals surface area contributed by atoms with Crippen molar-refractivity contribution in [3.05, 3.63) is 0 Å². The molecule has 74 valence electrons. The van der Waals surface area contributed by atoms with E-state index in [1.807, 2.05) is 13.8 Å². The van der Waals surface area contributed by atoms with Gasteiger partial charge in [-0.3, -0.25) is 13.6 Å². The molecule has 0 bridgehead atoms. The van der Waals surface area contributed by atoms with Crippen molar-refractivity contribution in [2.45, 2.75) is 37.8 Å². The zero-order valence-electron chi connectivity index (χ0n) is 7.05. The third-order valence-corrected chi connectivity index (χ3v) is 3.14. The fraction of sp³-hybridized carbons (Fsp3) is 1.00. The molecule has 0 spiro atoms. The third kappa shape index (κ3) is 6.27. The van der Waals surface area contributed by atoms with Crippen LogP contribution >= 0.6 is 31.5 Å². The van der Waals surface area contributed by atoms with Gasteiger partial charge in [0.25, 0.3) is 0 Å². The van der Waals surface area contributed by atoms with Gasteiger partial charge in [0, 0.05) is 0 Å². The van der Waals surface area contributed by atoms with Gasteiger partial charge in [0.2, 0.25) is 0 Å². The quantitative estimate of drug-likeness (QED) is 0.523. The largest absolute Gasteiger partial charge is 0.322 e. The Morgan fingerprint density at radius 2 is 1.50 bits per heavy atom. The topological polar surface area (TPSA) is 35.5 Å². The summed E-state index contributed by atoms with van der Waals surface area (Å²) >= 11 is 11.1. The minimum Gasteiger partial charge on any atom is -0.291 e. The van der Waals surface area contributed by atoms with Crippen molar-refractivity contribution in [2.75, 3.05) is 0 Å². The molecular formula is C6H13Cl2O3P. The average Bonchev–Trinajstić information content (AvgIpc) is 2.03. The van der Waals surface area contributed by atoms with Crippen LogP contribution in [0.4, 0.5) is 0 Å². The number of alkyl halides is 2. The van der Waals surface area contributed by atoms with Gasteiger partial charge in [0.05, 0.1) is 0 Å². The summed E-state index contributed by atoms with van der Waals surface area (Å²) in [6, 6.07) is 0. The number of rotatable bonds is 6. The van der Waals surface area contributed by atoms with Crippen LogP contribution in [-0.4, -0.2) is 11.1 Å². The van der Waals surface area contributed by atoms with Gasteiger partial charge < -0.3 is 0 Å². The fourth-order valence-electron chi connectivity index (χ4n) is 0.403. The molecule has 0 aromatic rings. The first-order chi connectivity index (χ1) is 5.60. The molecule has 0 aliphatic rings. The molecule has 0 saturated heterocycles. The molecule has 0 aliphatic carbocycles. The molecule has 0 aromatic heterocycles. The summed E-state index contributed by atoms with van der Waals surface area (Å²) in [6.45, 7) is 3.65. The van der Waals surface area contributed by atoms with Crippen molar-refractivity contribution in [3.63, 3.8) is 0 Å². The summed E-state index contributed by atoms with van der Waals surface area (Å²) < 4.78 is 20.5. The van der Waals surface area contributed by atoms with E-state index in [4.69, 9.17) is 32.2 Å². The molecule has 0 N–H and O–H groups in total. The van der Waals surface area contributed by atoms with Crippen molar-refractivity contribution in [1.29, 1.82) is 0 Å². The highest BCUT2D eigenvalue weighted by atomic mass is 35.5. The van der Waals surface area contributed by atoms with Crippen molar-refractivity contribution in [3.8, 4) is 0 Å². The highest BCUT2D eigenvalue weighted by molar-refractivity contribution is 7.33. The smallest absolute Gasteiger partial charge is 0.291 e. The first-order valence-corrected chi connectivity index (χ1v) is 5.85. The van der Waals surface area contributed by atoms with E-state index in [-0.39, 0.29) is 0 Å². The minimum absolute atomic E-state index is 0.558. The van der Waals surface area contributed by atoms with E-state index < -0.39 is 19.4 Å². The van der Waals surface area contributed by atoms with Crippen LogP contribution in [0.5, 0.6) is 0 Å². The Balaban J connectivity index is 3.59. The van der Waals surface area contributed by atoms with Crippen LogP contribution in [0.15, 0.2) is 0 Å². The zero-order chi connectivity index (χ0) is 9.56. The van der Waals surface area contributed by atoms with Gasteiger partial charge in [0.15, 0.2) is 0 Å². The predicted molar refractivity (Wildman–Crippen MR) is 51.0 cm³/mol. The predicted octanol–water partition coefficient (Wildman–Crippen LogP) is 3.36. The Morgan fingerprint density at radius 3 is 1.75 bits per heavy atom. The highest BCUT2D eigenvalue weighted by Crippen LogP contribution is 2.31. The van der Waals surface area contributed by atoms with Gasteiger partial charge in [0.1, 0.15) is 11.1 Å². The molecule has 3 nitrogen and oxygen atoms in total. The molecule has 2 unspecified atom stereocenters.